The van der Waals surface area contributed by atoms with Gasteiger partial charge >= 0.3 is 0 Å². The highest BCUT2D eigenvalue weighted by Crippen LogP contribution is 2.24. The fraction of sp³-hybridized carbons (Fsp3) is 1.00. The third-order valence-electron chi connectivity index (χ3n) is 2.45. The van der Waals surface area contributed by atoms with E-state index in [1.807, 2.05) is 0 Å². The summed E-state index contributed by atoms with van der Waals surface area (Å²) in [5.74, 6) is 0. The summed E-state index contributed by atoms with van der Waals surface area (Å²) in [5, 5.41) is 17.9. The Morgan fingerprint density at radius 2 is 1.54 bits per heavy atom. The van der Waals surface area contributed by atoms with Crippen LogP contribution in [0.4, 0.5) is 0 Å². The Kier molecular flexibility index (Phi) is 7.23. The number of unbranched alkanes of at least 4 members (excludes halogenated alkanes) is 2. The summed E-state index contributed by atoms with van der Waals surface area (Å²) >= 11 is 0. The lowest BCUT2D eigenvalue weighted by Crippen LogP contribution is -2.35. The molecular weight excluding hydrogens is 168 g/mol. The van der Waals surface area contributed by atoms with Crippen molar-refractivity contribution in [1.82, 2.24) is 0 Å². The van der Waals surface area contributed by atoms with Gasteiger partial charge in [-0.2, -0.15) is 0 Å². The average Bonchev–Trinajstić information content (AvgIpc) is 2.20. The SMILES string of the molecule is CCCCC(CO)(CCCC)OO. The molecule has 80 valence electrons. The van der Waals surface area contributed by atoms with Crippen LogP contribution >= 0.6 is 0 Å². The molecule has 0 spiro atoms. The number of aliphatic hydroxyl groups excluding tert-OH is 1. The van der Waals surface area contributed by atoms with E-state index in [4.69, 9.17) is 10.4 Å². The standard InChI is InChI=1S/C10H22O3/c1-3-5-7-10(9-11,13-12)8-6-4-2/h11-12H,3-9H2,1-2H3. The molecule has 0 radical (unpaired) electrons. The summed E-state index contributed by atoms with van der Waals surface area (Å²) < 4.78 is 0. The average molecular weight is 190 g/mol. The van der Waals surface area contributed by atoms with Gasteiger partial charge in [0.15, 0.2) is 0 Å². The van der Waals surface area contributed by atoms with Crippen molar-refractivity contribution in [2.45, 2.75) is 58.0 Å². The second-order valence-electron chi connectivity index (χ2n) is 3.64. The van der Waals surface area contributed by atoms with Gasteiger partial charge < -0.3 is 5.11 Å². The molecule has 0 aromatic heterocycles. The molecule has 0 fully saturated rings. The first kappa shape index (κ1) is 12.9. The van der Waals surface area contributed by atoms with E-state index >= 15 is 0 Å². The van der Waals surface area contributed by atoms with Crippen LogP contribution in [0, 0.1) is 0 Å². The van der Waals surface area contributed by atoms with Gasteiger partial charge in [0.1, 0.15) is 5.60 Å². The smallest absolute Gasteiger partial charge is 0.126 e. The highest BCUT2D eigenvalue weighted by atomic mass is 17.1. The summed E-state index contributed by atoms with van der Waals surface area (Å²) in [5.41, 5.74) is -0.702. The van der Waals surface area contributed by atoms with Crippen LogP contribution in [0.5, 0.6) is 0 Å². The molecule has 0 aromatic rings. The van der Waals surface area contributed by atoms with Crippen LogP contribution in [0.1, 0.15) is 52.4 Å². The summed E-state index contributed by atoms with van der Waals surface area (Å²) in [7, 11) is 0. The lowest BCUT2D eigenvalue weighted by Gasteiger charge is -2.27. The maximum atomic E-state index is 9.14. The van der Waals surface area contributed by atoms with Crippen molar-refractivity contribution >= 4 is 0 Å². The summed E-state index contributed by atoms with van der Waals surface area (Å²) in [6.45, 7) is 4.07. The molecule has 13 heavy (non-hydrogen) atoms. The first-order valence-corrected chi connectivity index (χ1v) is 5.18. The number of hydrogen-bond acceptors (Lipinski definition) is 3. The maximum Gasteiger partial charge on any atom is 0.126 e. The molecule has 0 aliphatic carbocycles. The Hall–Kier alpha value is -0.120. The molecule has 0 heterocycles. The van der Waals surface area contributed by atoms with Crippen LogP contribution in [0.3, 0.4) is 0 Å². The van der Waals surface area contributed by atoms with E-state index in [2.05, 4.69) is 18.7 Å². The van der Waals surface area contributed by atoms with Gasteiger partial charge in [-0.15, -0.1) is 0 Å². The minimum absolute atomic E-state index is 0.0938. The first-order chi connectivity index (χ1) is 6.24. The van der Waals surface area contributed by atoms with Crippen molar-refractivity contribution < 1.29 is 15.3 Å². The predicted octanol–water partition coefficient (Wildman–Crippen LogP) is 2.59. The van der Waals surface area contributed by atoms with E-state index in [0.29, 0.717) is 0 Å². The second-order valence-corrected chi connectivity index (χ2v) is 3.64. The van der Waals surface area contributed by atoms with Crippen LogP contribution in [-0.2, 0) is 4.89 Å². The molecule has 3 nitrogen and oxygen atoms in total. The fourth-order valence-electron chi connectivity index (χ4n) is 1.40. The molecule has 0 atom stereocenters. The normalized spacial score (nSPS) is 12.0. The van der Waals surface area contributed by atoms with Crippen molar-refractivity contribution in [3.8, 4) is 0 Å². The highest BCUT2D eigenvalue weighted by molar-refractivity contribution is 4.78. The van der Waals surface area contributed by atoms with Gasteiger partial charge in [-0.1, -0.05) is 39.5 Å². The van der Waals surface area contributed by atoms with Crippen LogP contribution in [0.15, 0.2) is 0 Å². The summed E-state index contributed by atoms with van der Waals surface area (Å²) in [6.07, 6.45) is 5.52. The van der Waals surface area contributed by atoms with Crippen LogP contribution in [-0.4, -0.2) is 22.6 Å². The van der Waals surface area contributed by atoms with Crippen LogP contribution in [0.2, 0.25) is 0 Å². The van der Waals surface area contributed by atoms with E-state index in [1.165, 1.54) is 0 Å². The molecule has 0 saturated heterocycles. The Bertz CT molecular complexity index is 101. The molecule has 3 heteroatoms. The highest BCUT2D eigenvalue weighted by Gasteiger charge is 2.29. The molecule has 0 aromatic carbocycles. The van der Waals surface area contributed by atoms with Gasteiger partial charge in [0.25, 0.3) is 0 Å². The van der Waals surface area contributed by atoms with Gasteiger partial charge in [0.05, 0.1) is 6.61 Å². The predicted molar refractivity (Wildman–Crippen MR) is 52.6 cm³/mol. The molecule has 0 rings (SSSR count). The van der Waals surface area contributed by atoms with Gasteiger partial charge in [0.2, 0.25) is 0 Å². The molecule has 2 N–H and O–H groups in total. The zero-order valence-electron chi connectivity index (χ0n) is 8.75. The number of hydrogen-bond donors (Lipinski definition) is 2. The summed E-state index contributed by atoms with van der Waals surface area (Å²) in [4.78, 5) is 4.44. The topological polar surface area (TPSA) is 49.7 Å². The lowest BCUT2D eigenvalue weighted by atomic mass is 9.92. The number of aliphatic hydroxyl groups is 1. The fourth-order valence-corrected chi connectivity index (χ4v) is 1.40. The van der Waals surface area contributed by atoms with Gasteiger partial charge in [-0.05, 0) is 12.8 Å². The van der Waals surface area contributed by atoms with Crippen molar-refractivity contribution in [2.75, 3.05) is 6.61 Å². The first-order valence-electron chi connectivity index (χ1n) is 5.18. The molecule has 0 saturated carbocycles. The van der Waals surface area contributed by atoms with Gasteiger partial charge in [-0.25, -0.2) is 4.89 Å². The molecule has 0 amide bonds. The third-order valence-corrected chi connectivity index (χ3v) is 2.45. The van der Waals surface area contributed by atoms with E-state index in [9.17, 15) is 0 Å². The van der Waals surface area contributed by atoms with E-state index in [1.54, 1.807) is 0 Å². The van der Waals surface area contributed by atoms with Crippen molar-refractivity contribution in [3.05, 3.63) is 0 Å². The third kappa shape index (κ3) is 4.60. The Labute approximate surface area is 80.7 Å². The number of rotatable bonds is 8. The van der Waals surface area contributed by atoms with E-state index in [-0.39, 0.29) is 6.61 Å². The Morgan fingerprint density at radius 1 is 1.08 bits per heavy atom. The molecular formula is C10H22O3. The monoisotopic (exact) mass is 190 g/mol. The van der Waals surface area contributed by atoms with Crippen LogP contribution < -0.4 is 0 Å². The minimum atomic E-state index is -0.702. The van der Waals surface area contributed by atoms with Gasteiger partial charge in [0, 0.05) is 0 Å². The van der Waals surface area contributed by atoms with Crippen molar-refractivity contribution in [2.24, 2.45) is 0 Å². The zero-order valence-corrected chi connectivity index (χ0v) is 8.75. The van der Waals surface area contributed by atoms with Crippen LogP contribution in [0.25, 0.3) is 0 Å². The zero-order chi connectivity index (χ0) is 10.2. The molecule has 0 aliphatic rings. The van der Waals surface area contributed by atoms with E-state index in [0.717, 1.165) is 38.5 Å². The largest absolute Gasteiger partial charge is 0.393 e. The van der Waals surface area contributed by atoms with Gasteiger partial charge in [-0.3, -0.25) is 5.26 Å². The van der Waals surface area contributed by atoms with Crippen molar-refractivity contribution in [1.29, 1.82) is 0 Å². The minimum Gasteiger partial charge on any atom is -0.393 e. The quantitative estimate of drug-likeness (QED) is 0.457. The molecule has 0 aliphatic heterocycles. The summed E-state index contributed by atoms with van der Waals surface area (Å²) in [6, 6.07) is 0. The van der Waals surface area contributed by atoms with Crippen molar-refractivity contribution in [3.63, 3.8) is 0 Å². The Balaban J connectivity index is 3.97. The van der Waals surface area contributed by atoms with E-state index < -0.39 is 5.60 Å². The lowest BCUT2D eigenvalue weighted by molar-refractivity contribution is -0.335. The molecule has 0 unspecified atom stereocenters. The Morgan fingerprint density at radius 3 is 1.77 bits per heavy atom. The second kappa shape index (κ2) is 7.30. The maximum absolute atomic E-state index is 9.14. The molecule has 0 bridgehead atoms.